The highest BCUT2D eigenvalue weighted by Crippen LogP contribution is 2.58. The number of nitrogens with one attached hydrogen (secondary N) is 1. The van der Waals surface area contributed by atoms with Gasteiger partial charge in [0.15, 0.2) is 0 Å². The maximum absolute atomic E-state index is 7.50. The second-order valence-electron chi connectivity index (χ2n) is 7.17. The Hall–Kier alpha value is -1.54. The number of fused-ring (bicyclic) bond motifs is 1. The molecule has 0 spiro atoms. The Kier molecular flexibility index (Phi) is 3.68. The minimum Gasteiger partial charge on any atom is -0.308 e. The van der Waals surface area contributed by atoms with E-state index in [0.717, 1.165) is 5.56 Å². The highest BCUT2D eigenvalue weighted by molar-refractivity contribution is 8.00. The molecule has 1 unspecified atom stereocenters. The minimum absolute atomic E-state index is 0.0615. The third-order valence-corrected chi connectivity index (χ3v) is 6.11. The molecular weight excluding hydrogens is 286 g/mol. The van der Waals surface area contributed by atoms with Crippen molar-refractivity contribution in [2.45, 2.75) is 48.7 Å². The van der Waals surface area contributed by atoms with Crippen molar-refractivity contribution in [1.29, 1.82) is 5.41 Å². The van der Waals surface area contributed by atoms with E-state index in [1.54, 1.807) is 0 Å². The maximum atomic E-state index is 7.50. The Balaban J connectivity index is 2.18. The molecule has 0 amide bonds. The SMILES string of the molecule is CC1(C)Sc2cc(C=N)ccc2C(C)(C)C1c1ccccc1. The van der Waals surface area contributed by atoms with Crippen LogP contribution in [0, 0.1) is 5.41 Å². The third kappa shape index (κ3) is 2.40. The van der Waals surface area contributed by atoms with E-state index in [-0.39, 0.29) is 10.2 Å². The summed E-state index contributed by atoms with van der Waals surface area (Å²) in [5, 5.41) is 7.50. The van der Waals surface area contributed by atoms with Crippen molar-refractivity contribution < 1.29 is 0 Å². The molecule has 3 rings (SSSR count). The lowest BCUT2D eigenvalue weighted by atomic mass is 9.65. The summed E-state index contributed by atoms with van der Waals surface area (Å²) in [6.07, 6.45) is 1.43. The molecule has 2 aromatic carbocycles. The van der Waals surface area contributed by atoms with Crippen LogP contribution in [0.2, 0.25) is 0 Å². The van der Waals surface area contributed by atoms with Gasteiger partial charge in [0.25, 0.3) is 0 Å². The molecule has 1 heterocycles. The highest BCUT2D eigenvalue weighted by Gasteiger charge is 2.48. The zero-order valence-electron chi connectivity index (χ0n) is 13.7. The maximum Gasteiger partial charge on any atom is 0.0250 e. The zero-order chi connectivity index (χ0) is 16.0. The van der Waals surface area contributed by atoms with Crippen LogP contribution in [0.15, 0.2) is 53.4 Å². The van der Waals surface area contributed by atoms with Crippen molar-refractivity contribution in [2.24, 2.45) is 0 Å². The van der Waals surface area contributed by atoms with Gasteiger partial charge in [0.05, 0.1) is 0 Å². The fourth-order valence-corrected chi connectivity index (χ4v) is 5.83. The van der Waals surface area contributed by atoms with Gasteiger partial charge in [0.1, 0.15) is 0 Å². The summed E-state index contributed by atoms with van der Waals surface area (Å²) < 4.78 is 0.110. The van der Waals surface area contributed by atoms with Crippen molar-refractivity contribution >= 4 is 18.0 Å². The molecule has 2 aromatic rings. The van der Waals surface area contributed by atoms with E-state index in [9.17, 15) is 0 Å². The predicted molar refractivity (Wildman–Crippen MR) is 96.5 cm³/mol. The molecule has 0 aliphatic carbocycles. The molecule has 1 nitrogen and oxygen atoms in total. The lowest BCUT2D eigenvalue weighted by Crippen LogP contribution is -2.43. The van der Waals surface area contributed by atoms with Crippen LogP contribution < -0.4 is 0 Å². The smallest absolute Gasteiger partial charge is 0.0250 e. The van der Waals surface area contributed by atoms with Gasteiger partial charge in [-0.25, -0.2) is 0 Å². The van der Waals surface area contributed by atoms with Gasteiger partial charge >= 0.3 is 0 Å². The normalized spacial score (nSPS) is 21.9. The lowest BCUT2D eigenvalue weighted by Gasteiger charge is -2.50. The van der Waals surface area contributed by atoms with Gasteiger partial charge in [-0.1, -0.05) is 56.3 Å². The first-order valence-corrected chi connectivity index (χ1v) is 8.57. The number of thioether (sulfide) groups is 1. The highest BCUT2D eigenvalue weighted by atomic mass is 32.2. The molecule has 1 N–H and O–H groups in total. The summed E-state index contributed by atoms with van der Waals surface area (Å²) in [6.45, 7) is 9.40. The van der Waals surface area contributed by atoms with E-state index in [2.05, 4.69) is 76.2 Å². The quantitative estimate of drug-likeness (QED) is 0.714. The molecule has 0 saturated heterocycles. The van der Waals surface area contributed by atoms with Gasteiger partial charge in [0, 0.05) is 21.8 Å². The van der Waals surface area contributed by atoms with Gasteiger partial charge < -0.3 is 5.41 Å². The van der Waals surface area contributed by atoms with Crippen LogP contribution in [0.1, 0.15) is 50.3 Å². The molecule has 22 heavy (non-hydrogen) atoms. The number of hydrogen-bond donors (Lipinski definition) is 1. The molecular formula is C20H23NS. The Morgan fingerprint density at radius 3 is 2.32 bits per heavy atom. The van der Waals surface area contributed by atoms with Crippen LogP contribution in [0.5, 0.6) is 0 Å². The summed E-state index contributed by atoms with van der Waals surface area (Å²) in [7, 11) is 0. The molecule has 0 aromatic heterocycles. The van der Waals surface area contributed by atoms with Crippen molar-refractivity contribution in [3.8, 4) is 0 Å². The predicted octanol–water partition coefficient (Wildman–Crippen LogP) is 5.63. The van der Waals surface area contributed by atoms with Crippen LogP contribution in [0.4, 0.5) is 0 Å². The molecule has 2 heteroatoms. The second kappa shape index (κ2) is 5.27. The standard InChI is InChI=1S/C20H23NS/c1-19(2)16-11-10-14(13-21)12-17(16)22-20(3,4)18(19)15-8-6-5-7-9-15/h5-13,18,21H,1-4H3. The Morgan fingerprint density at radius 1 is 1.00 bits per heavy atom. The van der Waals surface area contributed by atoms with E-state index >= 15 is 0 Å². The van der Waals surface area contributed by atoms with Crippen LogP contribution in [0.25, 0.3) is 0 Å². The van der Waals surface area contributed by atoms with Gasteiger partial charge in [-0.2, -0.15) is 0 Å². The molecule has 0 bridgehead atoms. The van der Waals surface area contributed by atoms with E-state index in [4.69, 9.17) is 5.41 Å². The van der Waals surface area contributed by atoms with E-state index in [1.807, 2.05) is 11.8 Å². The number of rotatable bonds is 2. The molecule has 0 fully saturated rings. The lowest BCUT2D eigenvalue weighted by molar-refractivity contribution is 0.339. The van der Waals surface area contributed by atoms with Crippen molar-refractivity contribution in [1.82, 2.24) is 0 Å². The van der Waals surface area contributed by atoms with Crippen molar-refractivity contribution in [2.75, 3.05) is 0 Å². The average Bonchev–Trinajstić information content (AvgIpc) is 2.46. The summed E-state index contributed by atoms with van der Waals surface area (Å²) in [5.41, 5.74) is 3.85. The molecule has 1 atom stereocenters. The second-order valence-corrected chi connectivity index (χ2v) is 8.87. The zero-order valence-corrected chi connectivity index (χ0v) is 14.5. The molecule has 114 valence electrons. The van der Waals surface area contributed by atoms with Crippen molar-refractivity contribution in [3.63, 3.8) is 0 Å². The summed E-state index contributed by atoms with van der Waals surface area (Å²) in [6, 6.07) is 17.3. The summed E-state index contributed by atoms with van der Waals surface area (Å²) in [5.74, 6) is 0.449. The van der Waals surface area contributed by atoms with Crippen LogP contribution in [0.3, 0.4) is 0 Å². The molecule has 1 aliphatic rings. The van der Waals surface area contributed by atoms with Crippen LogP contribution in [-0.2, 0) is 5.41 Å². The van der Waals surface area contributed by atoms with E-state index in [0.29, 0.717) is 5.92 Å². The minimum atomic E-state index is 0.0615. The Bertz CT molecular complexity index is 701. The van der Waals surface area contributed by atoms with E-state index in [1.165, 1.54) is 22.2 Å². The Morgan fingerprint density at radius 2 is 1.68 bits per heavy atom. The molecule has 0 radical (unpaired) electrons. The topological polar surface area (TPSA) is 23.9 Å². The van der Waals surface area contributed by atoms with E-state index < -0.39 is 0 Å². The first-order valence-electron chi connectivity index (χ1n) is 7.75. The van der Waals surface area contributed by atoms with Gasteiger partial charge in [-0.3, -0.25) is 0 Å². The largest absolute Gasteiger partial charge is 0.308 e. The summed E-state index contributed by atoms with van der Waals surface area (Å²) in [4.78, 5) is 1.32. The number of hydrogen-bond acceptors (Lipinski definition) is 2. The monoisotopic (exact) mass is 309 g/mol. The van der Waals surface area contributed by atoms with Gasteiger partial charge in [0.2, 0.25) is 0 Å². The van der Waals surface area contributed by atoms with Gasteiger partial charge in [-0.05, 0) is 42.0 Å². The molecule has 1 aliphatic heterocycles. The first kappa shape index (κ1) is 15.4. The first-order chi connectivity index (χ1) is 10.4. The Labute approximate surface area is 137 Å². The average molecular weight is 309 g/mol. The summed E-state index contributed by atoms with van der Waals surface area (Å²) >= 11 is 1.95. The third-order valence-electron chi connectivity index (χ3n) is 4.79. The van der Waals surface area contributed by atoms with Gasteiger partial charge in [-0.15, -0.1) is 11.8 Å². The number of benzene rings is 2. The van der Waals surface area contributed by atoms with Crippen LogP contribution >= 0.6 is 11.8 Å². The fourth-order valence-electron chi connectivity index (χ4n) is 4.08. The van der Waals surface area contributed by atoms with Crippen molar-refractivity contribution in [3.05, 3.63) is 65.2 Å². The van der Waals surface area contributed by atoms with Crippen LogP contribution in [-0.4, -0.2) is 11.0 Å². The molecule has 0 saturated carbocycles. The fraction of sp³-hybridized carbons (Fsp3) is 0.350.